The van der Waals surface area contributed by atoms with Crippen LogP contribution in [0.25, 0.3) is 16.6 Å². The van der Waals surface area contributed by atoms with Crippen molar-refractivity contribution in [2.24, 2.45) is 5.92 Å². The molecule has 142 valence electrons. The maximum Gasteiger partial charge on any atom is 0.275 e. The molecule has 0 atom stereocenters. The van der Waals surface area contributed by atoms with Crippen LogP contribution in [0.15, 0.2) is 41.5 Å². The van der Waals surface area contributed by atoms with Crippen LogP contribution in [0, 0.1) is 5.92 Å². The van der Waals surface area contributed by atoms with Crippen molar-refractivity contribution in [3.05, 3.63) is 52.7 Å². The zero-order valence-electron chi connectivity index (χ0n) is 16.1. The summed E-state index contributed by atoms with van der Waals surface area (Å²) in [5.74, 6) is 0.602. The van der Waals surface area contributed by atoms with Gasteiger partial charge in [-0.1, -0.05) is 13.0 Å². The van der Waals surface area contributed by atoms with Crippen LogP contribution in [0.2, 0.25) is 0 Å². The molecular formula is C21H26N4O2. The van der Waals surface area contributed by atoms with Gasteiger partial charge < -0.3 is 5.11 Å². The quantitative estimate of drug-likeness (QED) is 0.770. The summed E-state index contributed by atoms with van der Waals surface area (Å²) in [4.78, 5) is 13.1. The first-order valence-electron chi connectivity index (χ1n) is 9.69. The van der Waals surface area contributed by atoms with E-state index in [2.05, 4.69) is 12.0 Å². The average molecular weight is 366 g/mol. The third-order valence-corrected chi connectivity index (χ3v) is 5.71. The van der Waals surface area contributed by atoms with E-state index in [0.717, 1.165) is 23.9 Å². The van der Waals surface area contributed by atoms with Crippen molar-refractivity contribution in [2.45, 2.75) is 58.1 Å². The van der Waals surface area contributed by atoms with E-state index in [1.165, 1.54) is 4.68 Å². The monoisotopic (exact) mass is 366 g/mol. The van der Waals surface area contributed by atoms with Gasteiger partial charge in [0.25, 0.3) is 5.56 Å². The van der Waals surface area contributed by atoms with Gasteiger partial charge in [-0.3, -0.25) is 4.79 Å². The van der Waals surface area contributed by atoms with Gasteiger partial charge in [-0.2, -0.15) is 10.2 Å². The molecular weight excluding hydrogens is 340 g/mol. The Bertz CT molecular complexity index is 1030. The molecule has 3 aromatic heterocycles. The van der Waals surface area contributed by atoms with Crippen LogP contribution in [0.4, 0.5) is 0 Å². The Hall–Kier alpha value is -2.47. The Balaban J connectivity index is 1.98. The summed E-state index contributed by atoms with van der Waals surface area (Å²) in [6.45, 7) is 6.09. The zero-order valence-corrected chi connectivity index (χ0v) is 16.1. The van der Waals surface area contributed by atoms with Crippen molar-refractivity contribution in [1.82, 2.24) is 19.4 Å². The summed E-state index contributed by atoms with van der Waals surface area (Å²) in [5, 5.41) is 20.4. The van der Waals surface area contributed by atoms with Gasteiger partial charge in [-0.05, 0) is 63.6 Å². The van der Waals surface area contributed by atoms with Crippen molar-refractivity contribution in [1.29, 1.82) is 0 Å². The van der Waals surface area contributed by atoms with Gasteiger partial charge in [0.15, 0.2) is 0 Å². The van der Waals surface area contributed by atoms with Gasteiger partial charge in [-0.25, -0.2) is 9.20 Å². The number of aliphatic hydroxyl groups is 1. The Morgan fingerprint density at radius 3 is 2.67 bits per heavy atom. The lowest BCUT2D eigenvalue weighted by Gasteiger charge is -2.34. The second-order valence-corrected chi connectivity index (χ2v) is 8.06. The van der Waals surface area contributed by atoms with Crippen molar-refractivity contribution in [3.63, 3.8) is 0 Å². The summed E-state index contributed by atoms with van der Waals surface area (Å²) >= 11 is 0. The minimum absolute atomic E-state index is 0.0404. The Morgan fingerprint density at radius 1 is 1.22 bits per heavy atom. The van der Waals surface area contributed by atoms with Crippen LogP contribution < -0.4 is 5.56 Å². The first-order chi connectivity index (χ1) is 12.9. The lowest BCUT2D eigenvalue weighted by Crippen LogP contribution is -2.33. The minimum Gasteiger partial charge on any atom is -0.383 e. The number of hydrogen-bond donors (Lipinski definition) is 1. The number of aromatic nitrogens is 4. The van der Waals surface area contributed by atoms with Crippen molar-refractivity contribution in [3.8, 4) is 11.1 Å². The molecule has 3 aromatic rings. The first kappa shape index (κ1) is 17.9. The van der Waals surface area contributed by atoms with Gasteiger partial charge in [-0.15, -0.1) is 0 Å². The molecule has 1 fully saturated rings. The Morgan fingerprint density at radius 2 is 1.96 bits per heavy atom. The fourth-order valence-corrected chi connectivity index (χ4v) is 4.05. The third kappa shape index (κ3) is 2.98. The van der Waals surface area contributed by atoms with E-state index in [4.69, 9.17) is 5.10 Å². The predicted octanol–water partition coefficient (Wildman–Crippen LogP) is 3.54. The summed E-state index contributed by atoms with van der Waals surface area (Å²) in [5.41, 5.74) is 1.56. The van der Waals surface area contributed by atoms with Crippen LogP contribution in [-0.4, -0.2) is 24.5 Å². The molecule has 0 radical (unpaired) electrons. The predicted molar refractivity (Wildman–Crippen MR) is 105 cm³/mol. The fraction of sp³-hybridized carbons (Fsp3) is 0.476. The van der Waals surface area contributed by atoms with Crippen LogP contribution in [0.3, 0.4) is 0 Å². The summed E-state index contributed by atoms with van der Waals surface area (Å²) in [6, 6.07) is 7.48. The van der Waals surface area contributed by atoms with E-state index in [1.807, 2.05) is 38.2 Å². The smallest absolute Gasteiger partial charge is 0.275 e. The summed E-state index contributed by atoms with van der Waals surface area (Å²) < 4.78 is 3.25. The maximum absolute atomic E-state index is 13.1. The number of fused-ring (bicyclic) bond motifs is 1. The highest BCUT2D eigenvalue weighted by Crippen LogP contribution is 2.43. The Kier molecular flexibility index (Phi) is 4.38. The molecule has 1 aliphatic rings. The topological polar surface area (TPSA) is 72.4 Å². The van der Waals surface area contributed by atoms with Crippen molar-refractivity contribution >= 4 is 5.52 Å². The lowest BCUT2D eigenvalue weighted by molar-refractivity contribution is -0.0155. The highest BCUT2D eigenvalue weighted by Gasteiger charge is 2.39. The first-order valence-corrected chi connectivity index (χ1v) is 9.69. The standard InChI is InChI=1S/C21H26N4O2/c1-14(2)25-20(26)16(9-12-22-25)18-17-6-4-5-13-24(17)23-19(18)21(27)10-7-15(3)8-11-21/h4-6,9,12-15,27H,7-8,10-11H2,1-3H3. The second kappa shape index (κ2) is 6.60. The van der Waals surface area contributed by atoms with Crippen LogP contribution in [-0.2, 0) is 5.60 Å². The molecule has 0 bridgehead atoms. The summed E-state index contributed by atoms with van der Waals surface area (Å²) in [7, 11) is 0. The Labute approximate surface area is 158 Å². The molecule has 1 aliphatic carbocycles. The number of rotatable bonds is 3. The maximum atomic E-state index is 13.1. The molecule has 1 N–H and O–H groups in total. The summed E-state index contributed by atoms with van der Waals surface area (Å²) in [6.07, 6.45) is 6.75. The second-order valence-electron chi connectivity index (χ2n) is 8.06. The molecule has 6 heteroatoms. The van der Waals surface area contributed by atoms with E-state index < -0.39 is 5.60 Å². The molecule has 0 aromatic carbocycles. The highest BCUT2D eigenvalue weighted by atomic mass is 16.3. The lowest BCUT2D eigenvalue weighted by atomic mass is 9.76. The largest absolute Gasteiger partial charge is 0.383 e. The molecule has 0 aliphatic heterocycles. The van der Waals surface area contributed by atoms with Gasteiger partial charge in [0.1, 0.15) is 11.3 Å². The van der Waals surface area contributed by atoms with Gasteiger partial charge in [0.2, 0.25) is 0 Å². The molecule has 0 spiro atoms. The fourth-order valence-electron chi connectivity index (χ4n) is 4.05. The minimum atomic E-state index is -1.01. The third-order valence-electron chi connectivity index (χ3n) is 5.71. The van der Waals surface area contributed by atoms with Crippen molar-refractivity contribution < 1.29 is 5.11 Å². The van der Waals surface area contributed by atoms with Gasteiger partial charge >= 0.3 is 0 Å². The molecule has 0 unspecified atom stereocenters. The van der Waals surface area contributed by atoms with E-state index in [1.54, 1.807) is 16.8 Å². The molecule has 3 heterocycles. The number of hydrogen-bond acceptors (Lipinski definition) is 4. The van der Waals surface area contributed by atoms with E-state index in [9.17, 15) is 9.90 Å². The zero-order chi connectivity index (χ0) is 19.2. The molecule has 6 nitrogen and oxygen atoms in total. The van der Waals surface area contributed by atoms with E-state index in [-0.39, 0.29) is 11.6 Å². The van der Waals surface area contributed by atoms with E-state index in [0.29, 0.717) is 30.0 Å². The van der Waals surface area contributed by atoms with Crippen molar-refractivity contribution in [2.75, 3.05) is 0 Å². The van der Waals surface area contributed by atoms with Crippen LogP contribution in [0.5, 0.6) is 0 Å². The van der Waals surface area contributed by atoms with Crippen LogP contribution >= 0.6 is 0 Å². The normalized spacial score (nSPS) is 23.2. The molecule has 0 saturated heterocycles. The average Bonchev–Trinajstić information content (AvgIpc) is 3.04. The molecule has 4 rings (SSSR count). The molecule has 27 heavy (non-hydrogen) atoms. The van der Waals surface area contributed by atoms with Crippen LogP contribution in [0.1, 0.15) is 58.2 Å². The number of nitrogens with zero attached hydrogens (tertiary/aromatic N) is 4. The van der Waals surface area contributed by atoms with Gasteiger partial charge in [0.05, 0.1) is 17.1 Å². The molecule has 1 saturated carbocycles. The number of pyridine rings is 1. The van der Waals surface area contributed by atoms with Gasteiger partial charge in [0, 0.05) is 18.0 Å². The van der Waals surface area contributed by atoms with E-state index >= 15 is 0 Å². The molecule has 0 amide bonds. The SMILES string of the molecule is CC1CCC(O)(c2nn3ccccc3c2-c2ccnn(C(C)C)c2=O)CC1. The highest BCUT2D eigenvalue weighted by molar-refractivity contribution is 5.82.